The number of nitrogen functional groups attached to an aromatic ring is 1. The fraction of sp³-hybridized carbons (Fsp3) is 0.182. The lowest BCUT2D eigenvalue weighted by Crippen LogP contribution is -2.43. The van der Waals surface area contributed by atoms with Gasteiger partial charge in [-0.05, 0) is 24.3 Å². The van der Waals surface area contributed by atoms with Crippen LogP contribution in [-0.4, -0.2) is 46.1 Å². The third-order valence-electron chi connectivity index (χ3n) is 5.09. The van der Waals surface area contributed by atoms with Gasteiger partial charge >= 0.3 is 0 Å². The van der Waals surface area contributed by atoms with Crippen molar-refractivity contribution in [2.75, 3.05) is 36.8 Å². The molecule has 0 bridgehead atoms. The van der Waals surface area contributed by atoms with Crippen molar-refractivity contribution in [3.8, 4) is 22.5 Å². The van der Waals surface area contributed by atoms with Crippen LogP contribution in [0.1, 0.15) is 0 Å². The summed E-state index contributed by atoms with van der Waals surface area (Å²) >= 11 is 0. The van der Waals surface area contributed by atoms with E-state index in [1.807, 2.05) is 54.7 Å². The molecule has 0 radical (unpaired) electrons. The SMILES string of the molecule is Nc1nc(-c2ccccc2)c2nc(-c3ccnc(N4CCNCC4)c3)ccc2n1. The van der Waals surface area contributed by atoms with Gasteiger partial charge in [0.15, 0.2) is 0 Å². The van der Waals surface area contributed by atoms with Gasteiger partial charge in [-0.1, -0.05) is 30.3 Å². The van der Waals surface area contributed by atoms with Gasteiger partial charge in [0.25, 0.3) is 0 Å². The molecule has 1 saturated heterocycles. The molecule has 3 aromatic heterocycles. The lowest BCUT2D eigenvalue weighted by atomic mass is 10.1. The highest BCUT2D eigenvalue weighted by atomic mass is 15.2. The van der Waals surface area contributed by atoms with E-state index in [9.17, 15) is 0 Å². The Kier molecular flexibility index (Phi) is 4.50. The summed E-state index contributed by atoms with van der Waals surface area (Å²) in [5, 5.41) is 3.37. The maximum atomic E-state index is 5.94. The monoisotopic (exact) mass is 383 g/mol. The maximum absolute atomic E-state index is 5.94. The largest absolute Gasteiger partial charge is 0.368 e. The minimum atomic E-state index is 0.246. The standard InChI is InChI=1S/C22H21N7/c23-22-27-18-7-6-17(26-21(18)20(28-22)15-4-2-1-3-5-15)16-8-9-25-19(14-16)29-12-10-24-11-13-29/h1-9,14,24H,10-13H2,(H2,23,27,28). The second-order valence-electron chi connectivity index (χ2n) is 7.00. The van der Waals surface area contributed by atoms with E-state index in [1.54, 1.807) is 0 Å². The van der Waals surface area contributed by atoms with Crippen molar-refractivity contribution in [1.82, 2.24) is 25.3 Å². The van der Waals surface area contributed by atoms with Crippen LogP contribution in [0.25, 0.3) is 33.5 Å². The molecule has 1 fully saturated rings. The molecule has 1 aliphatic heterocycles. The van der Waals surface area contributed by atoms with Crippen molar-refractivity contribution in [2.45, 2.75) is 0 Å². The predicted octanol–water partition coefficient (Wildman–Crippen LogP) is 2.75. The molecule has 5 rings (SSSR count). The molecular weight excluding hydrogens is 362 g/mol. The molecule has 7 heteroatoms. The topological polar surface area (TPSA) is 92.8 Å². The number of pyridine rings is 2. The van der Waals surface area contributed by atoms with Gasteiger partial charge in [-0.2, -0.15) is 0 Å². The molecule has 4 aromatic rings. The number of anilines is 2. The molecular formula is C22H21N7. The van der Waals surface area contributed by atoms with E-state index in [0.717, 1.165) is 65.5 Å². The molecule has 0 saturated carbocycles. The zero-order valence-electron chi connectivity index (χ0n) is 15.9. The summed E-state index contributed by atoms with van der Waals surface area (Å²) in [5.41, 5.74) is 11.0. The summed E-state index contributed by atoms with van der Waals surface area (Å²) in [4.78, 5) is 20.6. The lowest BCUT2D eigenvalue weighted by Gasteiger charge is -2.28. The van der Waals surface area contributed by atoms with Crippen LogP contribution in [0.4, 0.5) is 11.8 Å². The van der Waals surface area contributed by atoms with Gasteiger partial charge in [0.05, 0.1) is 11.2 Å². The molecule has 0 spiro atoms. The first-order valence-corrected chi connectivity index (χ1v) is 9.70. The summed E-state index contributed by atoms with van der Waals surface area (Å²) < 4.78 is 0. The number of piperazine rings is 1. The summed E-state index contributed by atoms with van der Waals surface area (Å²) in [6.45, 7) is 3.85. The minimum absolute atomic E-state index is 0.246. The van der Waals surface area contributed by atoms with Gasteiger partial charge in [0, 0.05) is 43.5 Å². The number of aromatic nitrogens is 4. The second kappa shape index (κ2) is 7.44. The van der Waals surface area contributed by atoms with Crippen molar-refractivity contribution in [2.24, 2.45) is 0 Å². The van der Waals surface area contributed by atoms with Gasteiger partial charge in [-0.15, -0.1) is 0 Å². The van der Waals surface area contributed by atoms with Gasteiger partial charge in [-0.3, -0.25) is 0 Å². The van der Waals surface area contributed by atoms with Crippen LogP contribution in [0.15, 0.2) is 60.8 Å². The molecule has 7 nitrogen and oxygen atoms in total. The fourth-order valence-electron chi connectivity index (χ4n) is 3.63. The minimum Gasteiger partial charge on any atom is -0.368 e. The van der Waals surface area contributed by atoms with Gasteiger partial charge in [0.1, 0.15) is 17.0 Å². The van der Waals surface area contributed by atoms with Crippen molar-refractivity contribution >= 4 is 22.8 Å². The van der Waals surface area contributed by atoms with Crippen molar-refractivity contribution in [3.05, 3.63) is 60.8 Å². The van der Waals surface area contributed by atoms with E-state index < -0.39 is 0 Å². The molecule has 4 heterocycles. The average Bonchev–Trinajstić information content (AvgIpc) is 2.79. The number of fused-ring (bicyclic) bond motifs is 1. The highest BCUT2D eigenvalue weighted by Gasteiger charge is 2.14. The van der Waals surface area contributed by atoms with Gasteiger partial charge in [0.2, 0.25) is 5.95 Å². The highest BCUT2D eigenvalue weighted by molar-refractivity contribution is 5.91. The first kappa shape index (κ1) is 17.5. The lowest BCUT2D eigenvalue weighted by molar-refractivity contribution is 0.585. The number of nitrogens with two attached hydrogens (primary N) is 1. The number of nitrogens with zero attached hydrogens (tertiary/aromatic N) is 5. The normalized spacial score (nSPS) is 14.3. The van der Waals surface area contributed by atoms with E-state index in [2.05, 4.69) is 31.2 Å². The van der Waals surface area contributed by atoms with Crippen LogP contribution in [0.2, 0.25) is 0 Å². The number of hydrogen-bond acceptors (Lipinski definition) is 7. The molecule has 0 aliphatic carbocycles. The Balaban J connectivity index is 1.61. The molecule has 1 aromatic carbocycles. The van der Waals surface area contributed by atoms with E-state index in [1.165, 1.54) is 0 Å². The van der Waals surface area contributed by atoms with Crippen LogP contribution < -0.4 is 16.0 Å². The van der Waals surface area contributed by atoms with E-state index in [4.69, 9.17) is 10.7 Å². The zero-order valence-corrected chi connectivity index (χ0v) is 15.9. The Morgan fingerprint density at radius 2 is 1.69 bits per heavy atom. The summed E-state index contributed by atoms with van der Waals surface area (Å²) in [7, 11) is 0. The molecule has 0 atom stereocenters. The number of rotatable bonds is 3. The van der Waals surface area contributed by atoms with Crippen LogP contribution in [0.3, 0.4) is 0 Å². The first-order chi connectivity index (χ1) is 14.3. The van der Waals surface area contributed by atoms with Crippen molar-refractivity contribution < 1.29 is 0 Å². The van der Waals surface area contributed by atoms with E-state index >= 15 is 0 Å². The highest BCUT2D eigenvalue weighted by Crippen LogP contribution is 2.29. The van der Waals surface area contributed by atoms with Gasteiger partial charge in [-0.25, -0.2) is 19.9 Å². The Morgan fingerprint density at radius 1 is 0.862 bits per heavy atom. The fourth-order valence-corrected chi connectivity index (χ4v) is 3.63. The van der Waals surface area contributed by atoms with Crippen molar-refractivity contribution in [1.29, 1.82) is 0 Å². The molecule has 144 valence electrons. The molecule has 1 aliphatic rings. The summed E-state index contributed by atoms with van der Waals surface area (Å²) in [6, 6.07) is 17.9. The summed E-state index contributed by atoms with van der Waals surface area (Å²) in [6.07, 6.45) is 1.84. The molecule has 0 unspecified atom stereocenters. The zero-order chi connectivity index (χ0) is 19.6. The first-order valence-electron chi connectivity index (χ1n) is 9.70. The number of nitrogens with one attached hydrogen (secondary N) is 1. The Bertz CT molecular complexity index is 1150. The van der Waals surface area contributed by atoms with E-state index in [-0.39, 0.29) is 5.95 Å². The maximum Gasteiger partial charge on any atom is 0.221 e. The van der Waals surface area contributed by atoms with Crippen molar-refractivity contribution in [3.63, 3.8) is 0 Å². The third-order valence-corrected chi connectivity index (χ3v) is 5.09. The van der Waals surface area contributed by atoms with E-state index in [0.29, 0.717) is 0 Å². The summed E-state index contributed by atoms with van der Waals surface area (Å²) in [5.74, 6) is 1.22. The van der Waals surface area contributed by atoms with Crippen LogP contribution in [-0.2, 0) is 0 Å². The van der Waals surface area contributed by atoms with Gasteiger partial charge < -0.3 is 16.0 Å². The number of hydrogen-bond donors (Lipinski definition) is 2. The second-order valence-corrected chi connectivity index (χ2v) is 7.00. The quantitative estimate of drug-likeness (QED) is 0.562. The predicted molar refractivity (Wildman–Crippen MR) is 115 cm³/mol. The Morgan fingerprint density at radius 3 is 2.52 bits per heavy atom. The Hall–Kier alpha value is -3.58. The third kappa shape index (κ3) is 3.48. The number of benzene rings is 1. The average molecular weight is 383 g/mol. The smallest absolute Gasteiger partial charge is 0.221 e. The molecule has 29 heavy (non-hydrogen) atoms. The Labute approximate surface area is 168 Å². The van der Waals surface area contributed by atoms with Crippen LogP contribution in [0, 0.1) is 0 Å². The molecule has 0 amide bonds. The van der Waals surface area contributed by atoms with Crippen LogP contribution >= 0.6 is 0 Å². The van der Waals surface area contributed by atoms with Crippen LogP contribution in [0.5, 0.6) is 0 Å². The molecule has 3 N–H and O–H groups in total.